The first-order valence-electron chi connectivity index (χ1n) is 12.0. The molecule has 0 unspecified atom stereocenters. The maximum Gasteiger partial charge on any atom is 0.339 e. The van der Waals surface area contributed by atoms with Gasteiger partial charge in [0.15, 0.2) is 12.4 Å². The molecular weight excluding hydrogens is 492 g/mol. The second kappa shape index (κ2) is 10.4. The molecule has 3 aromatic carbocycles. The summed E-state index contributed by atoms with van der Waals surface area (Å²) in [5, 5.41) is 9.84. The highest BCUT2D eigenvalue weighted by atomic mass is 32.2. The second-order valence-corrected chi connectivity index (χ2v) is 11.0. The van der Waals surface area contributed by atoms with E-state index in [4.69, 9.17) is 13.7 Å². The van der Waals surface area contributed by atoms with Crippen molar-refractivity contribution in [3.63, 3.8) is 0 Å². The van der Waals surface area contributed by atoms with Crippen LogP contribution in [0, 0.1) is 6.92 Å². The smallest absolute Gasteiger partial charge is 0.339 e. The molecule has 0 atom stereocenters. The molecule has 0 fully saturated rings. The topological polar surface area (TPSA) is 99.1 Å². The van der Waals surface area contributed by atoms with Crippen molar-refractivity contribution in [1.82, 2.24) is 0 Å². The molecular formula is C29H30O7S. The van der Waals surface area contributed by atoms with Crippen LogP contribution in [0.15, 0.2) is 65.6 Å². The molecule has 0 saturated heterocycles. The Morgan fingerprint density at radius 2 is 1.78 bits per heavy atom. The largest absolute Gasteiger partial charge is 0.484 e. The zero-order chi connectivity index (χ0) is 26.8. The monoisotopic (exact) mass is 522 g/mol. The van der Waals surface area contributed by atoms with Gasteiger partial charge in [-0.05, 0) is 81.3 Å². The highest BCUT2D eigenvalue weighted by molar-refractivity contribution is 7.87. The minimum atomic E-state index is -4.16. The van der Waals surface area contributed by atoms with E-state index < -0.39 is 28.1 Å². The van der Waals surface area contributed by atoms with E-state index in [2.05, 4.69) is 0 Å². The summed E-state index contributed by atoms with van der Waals surface area (Å²) in [6, 6.07) is 14.6. The van der Waals surface area contributed by atoms with Crippen molar-refractivity contribution in [3.8, 4) is 17.2 Å². The fourth-order valence-electron chi connectivity index (χ4n) is 3.94. The van der Waals surface area contributed by atoms with Crippen molar-refractivity contribution in [1.29, 1.82) is 0 Å². The van der Waals surface area contributed by atoms with Crippen molar-refractivity contribution in [2.75, 3.05) is 6.61 Å². The summed E-state index contributed by atoms with van der Waals surface area (Å²) in [5.41, 5.74) is 2.43. The van der Waals surface area contributed by atoms with E-state index in [0.717, 1.165) is 11.1 Å². The Balaban J connectivity index is 1.62. The Morgan fingerprint density at radius 1 is 1.05 bits per heavy atom. The first kappa shape index (κ1) is 26.4. The van der Waals surface area contributed by atoms with Crippen LogP contribution >= 0.6 is 0 Å². The standard InChI is InChI=1S/C29H30O7S/c1-5-20-8-12-23(27(16-20)36-37(32,33)22-10-6-19(2)7-11-22)25(31)18-34-28-21(17-30)9-13-26-24(28)14-15-29(3,4)35-26/h6-16,30H,5,17-18H2,1-4H3. The normalized spacial score (nSPS) is 14.0. The summed E-state index contributed by atoms with van der Waals surface area (Å²) in [7, 11) is -4.16. The molecule has 0 radical (unpaired) electrons. The number of aryl methyl sites for hydroxylation is 2. The molecule has 3 aromatic rings. The Labute approximate surface area is 217 Å². The van der Waals surface area contributed by atoms with Crippen LogP contribution in [0.5, 0.6) is 17.2 Å². The number of rotatable bonds is 9. The predicted octanol–water partition coefficient (Wildman–Crippen LogP) is 5.26. The number of ether oxygens (including phenoxy) is 2. The number of aliphatic hydroxyl groups excluding tert-OH is 1. The van der Waals surface area contributed by atoms with Gasteiger partial charge in [-0.3, -0.25) is 4.79 Å². The summed E-state index contributed by atoms with van der Waals surface area (Å²) >= 11 is 0. The number of hydrogen-bond acceptors (Lipinski definition) is 7. The van der Waals surface area contributed by atoms with E-state index in [0.29, 0.717) is 29.0 Å². The summed E-state index contributed by atoms with van der Waals surface area (Å²) in [5.74, 6) is 0.378. The Bertz CT molecular complexity index is 1450. The SMILES string of the molecule is CCc1ccc(C(=O)COc2c(CO)ccc3c2C=CC(C)(C)O3)c(OS(=O)(=O)c2ccc(C)cc2)c1. The van der Waals surface area contributed by atoms with Crippen LogP contribution in [0.4, 0.5) is 0 Å². The van der Waals surface area contributed by atoms with Crippen molar-refractivity contribution in [3.05, 3.63) is 88.5 Å². The van der Waals surface area contributed by atoms with Crippen LogP contribution in [-0.2, 0) is 23.1 Å². The fraction of sp³-hybridized carbons (Fsp3) is 0.276. The van der Waals surface area contributed by atoms with Crippen molar-refractivity contribution in [2.45, 2.75) is 51.2 Å². The average molecular weight is 523 g/mol. The van der Waals surface area contributed by atoms with E-state index in [1.54, 1.807) is 42.5 Å². The first-order chi connectivity index (χ1) is 17.5. The van der Waals surface area contributed by atoms with E-state index in [9.17, 15) is 18.3 Å². The van der Waals surface area contributed by atoms with Gasteiger partial charge in [0.1, 0.15) is 22.0 Å². The van der Waals surface area contributed by atoms with Crippen molar-refractivity contribution < 1.29 is 32.0 Å². The lowest BCUT2D eigenvalue weighted by Crippen LogP contribution is -2.27. The lowest BCUT2D eigenvalue weighted by Gasteiger charge is -2.29. The van der Waals surface area contributed by atoms with E-state index in [1.165, 1.54) is 12.1 Å². The Kier molecular flexibility index (Phi) is 7.43. The maximum absolute atomic E-state index is 13.3. The minimum absolute atomic E-state index is 0.00661. The van der Waals surface area contributed by atoms with Crippen LogP contribution in [-0.4, -0.2) is 31.5 Å². The van der Waals surface area contributed by atoms with Gasteiger partial charge in [-0.2, -0.15) is 8.42 Å². The number of carbonyl (C=O) groups excluding carboxylic acids is 1. The van der Waals surface area contributed by atoms with Gasteiger partial charge in [-0.15, -0.1) is 0 Å². The van der Waals surface area contributed by atoms with Crippen molar-refractivity contribution >= 4 is 22.0 Å². The maximum atomic E-state index is 13.3. The number of ketones is 1. The molecule has 37 heavy (non-hydrogen) atoms. The molecule has 1 aliphatic rings. The number of aliphatic hydroxyl groups is 1. The van der Waals surface area contributed by atoms with Gasteiger partial charge < -0.3 is 18.8 Å². The van der Waals surface area contributed by atoms with Gasteiger partial charge in [-0.25, -0.2) is 0 Å². The third kappa shape index (κ3) is 5.87. The summed E-state index contributed by atoms with van der Waals surface area (Å²) in [6.45, 7) is 6.93. The van der Waals surface area contributed by atoms with E-state index >= 15 is 0 Å². The number of hydrogen-bond donors (Lipinski definition) is 1. The summed E-state index contributed by atoms with van der Waals surface area (Å²) in [4.78, 5) is 13.3. The molecule has 7 nitrogen and oxygen atoms in total. The molecule has 0 spiro atoms. The van der Waals surface area contributed by atoms with Crippen molar-refractivity contribution in [2.24, 2.45) is 0 Å². The highest BCUT2D eigenvalue weighted by Crippen LogP contribution is 2.39. The number of Topliss-reactive ketones (excluding diaryl/α,β-unsaturated/α-hetero) is 1. The van der Waals surface area contributed by atoms with Crippen LogP contribution in [0.3, 0.4) is 0 Å². The first-order valence-corrected chi connectivity index (χ1v) is 13.4. The number of benzene rings is 3. The Hall–Kier alpha value is -3.62. The molecule has 1 heterocycles. The number of carbonyl (C=O) groups is 1. The molecule has 1 aliphatic heterocycles. The molecule has 4 rings (SSSR count). The molecule has 1 N–H and O–H groups in total. The molecule has 194 valence electrons. The third-order valence-corrected chi connectivity index (χ3v) is 7.29. The summed E-state index contributed by atoms with van der Waals surface area (Å²) < 4.78 is 43.2. The highest BCUT2D eigenvalue weighted by Gasteiger charge is 2.26. The third-order valence-electron chi connectivity index (χ3n) is 6.04. The minimum Gasteiger partial charge on any atom is -0.484 e. The molecule has 0 bridgehead atoms. The zero-order valence-electron chi connectivity index (χ0n) is 21.3. The van der Waals surface area contributed by atoms with Crippen LogP contribution < -0.4 is 13.7 Å². The second-order valence-electron chi connectivity index (χ2n) is 9.41. The summed E-state index contributed by atoms with van der Waals surface area (Å²) in [6.07, 6.45) is 4.34. The number of fused-ring (bicyclic) bond motifs is 1. The van der Waals surface area contributed by atoms with Crippen LogP contribution in [0.25, 0.3) is 6.08 Å². The zero-order valence-corrected chi connectivity index (χ0v) is 22.1. The molecule has 0 aliphatic carbocycles. The molecule has 0 amide bonds. The van der Waals surface area contributed by atoms with E-state index in [1.807, 2.05) is 39.8 Å². The molecule has 0 aromatic heterocycles. The van der Waals surface area contributed by atoms with Gasteiger partial charge in [0.05, 0.1) is 17.7 Å². The predicted molar refractivity (Wildman–Crippen MR) is 141 cm³/mol. The van der Waals surface area contributed by atoms with Gasteiger partial charge in [0.2, 0.25) is 5.78 Å². The van der Waals surface area contributed by atoms with E-state index in [-0.39, 0.29) is 22.8 Å². The quantitative estimate of drug-likeness (QED) is 0.302. The van der Waals surface area contributed by atoms with Gasteiger partial charge in [0.25, 0.3) is 0 Å². The molecule has 0 saturated carbocycles. The van der Waals surface area contributed by atoms with Gasteiger partial charge in [0, 0.05) is 5.56 Å². The van der Waals surface area contributed by atoms with Gasteiger partial charge in [-0.1, -0.05) is 30.7 Å². The van der Waals surface area contributed by atoms with Crippen LogP contribution in [0.1, 0.15) is 53.4 Å². The fourth-order valence-corrected chi connectivity index (χ4v) is 4.88. The van der Waals surface area contributed by atoms with Crippen LogP contribution in [0.2, 0.25) is 0 Å². The van der Waals surface area contributed by atoms with Gasteiger partial charge >= 0.3 is 10.1 Å². The average Bonchev–Trinajstić information content (AvgIpc) is 2.86. The molecule has 8 heteroatoms. The lowest BCUT2D eigenvalue weighted by atomic mass is 9.99. The Morgan fingerprint density at radius 3 is 2.46 bits per heavy atom. The lowest BCUT2D eigenvalue weighted by molar-refractivity contribution is 0.0916.